The fraction of sp³-hybridized carbons (Fsp3) is 0.529. The van der Waals surface area contributed by atoms with Crippen LogP contribution in [0.2, 0.25) is 0 Å². The molecule has 1 saturated heterocycles. The summed E-state index contributed by atoms with van der Waals surface area (Å²) in [4.78, 5) is 25.2. The van der Waals surface area contributed by atoms with E-state index in [1.54, 1.807) is 0 Å². The number of benzene rings is 1. The summed E-state index contributed by atoms with van der Waals surface area (Å²) < 4.78 is 0. The van der Waals surface area contributed by atoms with Crippen molar-refractivity contribution in [2.45, 2.75) is 33.1 Å². The van der Waals surface area contributed by atoms with Crippen molar-refractivity contribution in [3.63, 3.8) is 0 Å². The van der Waals surface area contributed by atoms with Gasteiger partial charge < -0.3 is 10.0 Å². The van der Waals surface area contributed by atoms with Crippen LogP contribution in [0.4, 0.5) is 0 Å². The first-order valence-corrected chi connectivity index (χ1v) is 7.54. The first kappa shape index (κ1) is 15.5. The normalized spacial score (nSPS) is 22.1. The molecule has 0 aromatic heterocycles. The quantitative estimate of drug-likeness (QED) is 0.926. The van der Waals surface area contributed by atoms with Gasteiger partial charge in [-0.15, -0.1) is 0 Å². The highest BCUT2D eigenvalue weighted by Gasteiger charge is 2.32. The lowest BCUT2D eigenvalue weighted by atomic mass is 9.87. The van der Waals surface area contributed by atoms with E-state index < -0.39 is 5.97 Å². The van der Waals surface area contributed by atoms with Crippen LogP contribution in [0.1, 0.15) is 30.9 Å². The van der Waals surface area contributed by atoms with Crippen molar-refractivity contribution in [1.82, 2.24) is 4.90 Å². The van der Waals surface area contributed by atoms with E-state index in [4.69, 9.17) is 5.11 Å². The number of aryl methyl sites for hydroxylation is 2. The third-order valence-electron chi connectivity index (χ3n) is 4.44. The number of carboxylic acids is 1. The minimum absolute atomic E-state index is 0.0265. The predicted octanol–water partition coefficient (Wildman–Crippen LogP) is 2.50. The SMILES string of the molecule is Cc1ccccc1CCC(=O)N1CCC(C(=O)O)C(C)C1. The van der Waals surface area contributed by atoms with Gasteiger partial charge in [-0.2, -0.15) is 0 Å². The van der Waals surface area contributed by atoms with E-state index in [1.807, 2.05) is 24.0 Å². The fourth-order valence-electron chi connectivity index (χ4n) is 3.03. The second-order valence-corrected chi connectivity index (χ2v) is 5.98. The molecule has 1 heterocycles. The van der Waals surface area contributed by atoms with Crippen LogP contribution in [0.25, 0.3) is 0 Å². The van der Waals surface area contributed by atoms with Crippen LogP contribution in [0, 0.1) is 18.8 Å². The van der Waals surface area contributed by atoms with Crippen LogP contribution in [0.3, 0.4) is 0 Å². The minimum atomic E-state index is -0.741. The van der Waals surface area contributed by atoms with Crippen LogP contribution >= 0.6 is 0 Å². The Hall–Kier alpha value is -1.84. The van der Waals surface area contributed by atoms with E-state index >= 15 is 0 Å². The molecule has 0 radical (unpaired) electrons. The molecule has 2 atom stereocenters. The molecule has 0 bridgehead atoms. The maximum Gasteiger partial charge on any atom is 0.306 e. The molecule has 1 N–H and O–H groups in total. The first-order chi connectivity index (χ1) is 9.99. The largest absolute Gasteiger partial charge is 0.481 e. The second-order valence-electron chi connectivity index (χ2n) is 5.98. The molecule has 2 unspecified atom stereocenters. The summed E-state index contributed by atoms with van der Waals surface area (Å²) in [7, 11) is 0. The van der Waals surface area contributed by atoms with Crippen molar-refractivity contribution in [2.75, 3.05) is 13.1 Å². The van der Waals surface area contributed by atoms with Gasteiger partial charge in [0, 0.05) is 19.5 Å². The van der Waals surface area contributed by atoms with Gasteiger partial charge in [-0.05, 0) is 36.8 Å². The lowest BCUT2D eigenvalue weighted by Crippen LogP contribution is -2.45. The summed E-state index contributed by atoms with van der Waals surface area (Å²) in [6.07, 6.45) is 1.81. The average molecular weight is 289 g/mol. The van der Waals surface area contributed by atoms with Crippen molar-refractivity contribution in [1.29, 1.82) is 0 Å². The van der Waals surface area contributed by atoms with Crippen molar-refractivity contribution < 1.29 is 14.7 Å². The van der Waals surface area contributed by atoms with Crippen molar-refractivity contribution in [2.24, 2.45) is 11.8 Å². The number of likely N-dealkylation sites (tertiary alicyclic amines) is 1. The van der Waals surface area contributed by atoms with Gasteiger partial charge in [-0.3, -0.25) is 9.59 Å². The van der Waals surface area contributed by atoms with Crippen LogP contribution in [-0.2, 0) is 16.0 Å². The topological polar surface area (TPSA) is 57.6 Å². The molecule has 0 aliphatic carbocycles. The number of hydrogen-bond acceptors (Lipinski definition) is 2. The molecular weight excluding hydrogens is 266 g/mol. The molecule has 1 aliphatic rings. The molecule has 1 aliphatic heterocycles. The van der Waals surface area contributed by atoms with Crippen LogP contribution in [-0.4, -0.2) is 35.0 Å². The van der Waals surface area contributed by atoms with Gasteiger partial charge in [0.25, 0.3) is 0 Å². The molecular formula is C17H23NO3. The summed E-state index contributed by atoms with van der Waals surface area (Å²) in [6.45, 7) is 5.09. The molecule has 0 saturated carbocycles. The zero-order valence-electron chi connectivity index (χ0n) is 12.7. The van der Waals surface area contributed by atoms with Gasteiger partial charge in [0.2, 0.25) is 5.91 Å². The lowest BCUT2D eigenvalue weighted by molar-refractivity contribution is -0.148. The molecule has 0 spiro atoms. The first-order valence-electron chi connectivity index (χ1n) is 7.54. The van der Waals surface area contributed by atoms with Crippen molar-refractivity contribution in [3.8, 4) is 0 Å². The number of piperidine rings is 1. The Kier molecular flexibility index (Phi) is 4.99. The van der Waals surface area contributed by atoms with Gasteiger partial charge in [-0.25, -0.2) is 0 Å². The number of rotatable bonds is 4. The molecule has 2 rings (SSSR count). The molecule has 1 aromatic carbocycles. The standard InChI is InChI=1S/C17H23NO3/c1-12-5-3-4-6-14(12)7-8-16(19)18-10-9-15(17(20)21)13(2)11-18/h3-6,13,15H,7-11H2,1-2H3,(H,20,21). The monoisotopic (exact) mass is 289 g/mol. The summed E-state index contributed by atoms with van der Waals surface area (Å²) in [6, 6.07) is 8.11. The molecule has 1 fully saturated rings. The third-order valence-corrected chi connectivity index (χ3v) is 4.44. The maximum atomic E-state index is 12.3. The Morgan fingerprint density at radius 1 is 1.33 bits per heavy atom. The van der Waals surface area contributed by atoms with E-state index in [-0.39, 0.29) is 17.7 Å². The lowest BCUT2D eigenvalue weighted by Gasteiger charge is -2.35. The fourth-order valence-corrected chi connectivity index (χ4v) is 3.03. The van der Waals surface area contributed by atoms with E-state index in [1.165, 1.54) is 11.1 Å². The molecule has 1 aromatic rings. The smallest absolute Gasteiger partial charge is 0.306 e. The highest BCUT2D eigenvalue weighted by atomic mass is 16.4. The summed E-state index contributed by atoms with van der Waals surface area (Å²) >= 11 is 0. The van der Waals surface area contributed by atoms with Gasteiger partial charge in [0.1, 0.15) is 0 Å². The predicted molar refractivity (Wildman–Crippen MR) is 81.0 cm³/mol. The Morgan fingerprint density at radius 3 is 2.67 bits per heavy atom. The van der Waals surface area contributed by atoms with E-state index in [0.29, 0.717) is 25.9 Å². The van der Waals surface area contributed by atoms with Gasteiger partial charge >= 0.3 is 5.97 Å². The summed E-state index contributed by atoms with van der Waals surface area (Å²) in [5.41, 5.74) is 2.42. The number of carboxylic acid groups (broad SMARTS) is 1. The van der Waals surface area contributed by atoms with Gasteiger partial charge in [0.15, 0.2) is 0 Å². The highest BCUT2D eigenvalue weighted by Crippen LogP contribution is 2.24. The Labute approximate surface area is 125 Å². The van der Waals surface area contributed by atoms with Gasteiger partial charge in [-0.1, -0.05) is 31.2 Å². The summed E-state index contributed by atoms with van der Waals surface area (Å²) in [5, 5.41) is 9.11. The van der Waals surface area contributed by atoms with E-state index in [0.717, 1.165) is 6.42 Å². The number of aliphatic carboxylic acids is 1. The Balaban J connectivity index is 1.87. The molecule has 1 amide bonds. The van der Waals surface area contributed by atoms with Crippen LogP contribution in [0.5, 0.6) is 0 Å². The summed E-state index contributed by atoms with van der Waals surface area (Å²) in [5.74, 6) is -0.896. The van der Waals surface area contributed by atoms with Crippen molar-refractivity contribution >= 4 is 11.9 Å². The number of carbonyl (C=O) groups is 2. The molecule has 4 nitrogen and oxygen atoms in total. The van der Waals surface area contributed by atoms with E-state index in [9.17, 15) is 9.59 Å². The zero-order chi connectivity index (χ0) is 15.4. The maximum absolute atomic E-state index is 12.3. The number of hydrogen-bond donors (Lipinski definition) is 1. The average Bonchev–Trinajstić information content (AvgIpc) is 2.45. The Bertz CT molecular complexity index is 527. The molecule has 114 valence electrons. The van der Waals surface area contributed by atoms with Crippen LogP contribution in [0.15, 0.2) is 24.3 Å². The van der Waals surface area contributed by atoms with E-state index in [2.05, 4.69) is 19.1 Å². The third kappa shape index (κ3) is 3.84. The second kappa shape index (κ2) is 6.74. The zero-order valence-corrected chi connectivity index (χ0v) is 12.7. The molecule has 4 heteroatoms. The highest BCUT2D eigenvalue weighted by molar-refractivity contribution is 5.77. The number of carbonyl (C=O) groups excluding carboxylic acids is 1. The Morgan fingerprint density at radius 2 is 2.05 bits per heavy atom. The van der Waals surface area contributed by atoms with Crippen molar-refractivity contribution in [3.05, 3.63) is 35.4 Å². The van der Waals surface area contributed by atoms with Crippen LogP contribution < -0.4 is 0 Å². The minimum Gasteiger partial charge on any atom is -0.481 e. The number of nitrogens with zero attached hydrogens (tertiary/aromatic N) is 1. The molecule has 21 heavy (non-hydrogen) atoms. The number of amides is 1. The van der Waals surface area contributed by atoms with Gasteiger partial charge in [0.05, 0.1) is 5.92 Å².